The van der Waals surface area contributed by atoms with Crippen LogP contribution in [0.5, 0.6) is 0 Å². The highest BCUT2D eigenvalue weighted by atomic mass is 32.2. The second-order valence-corrected chi connectivity index (χ2v) is 6.59. The van der Waals surface area contributed by atoms with Crippen LogP contribution in [-0.2, 0) is 6.54 Å². The summed E-state index contributed by atoms with van der Waals surface area (Å²) in [7, 11) is 2.00. The van der Waals surface area contributed by atoms with Crippen LogP contribution in [0.1, 0.15) is 23.7 Å². The maximum Gasteiger partial charge on any atom is 0.133 e. The van der Waals surface area contributed by atoms with Crippen molar-refractivity contribution < 1.29 is 0 Å². The van der Waals surface area contributed by atoms with Crippen molar-refractivity contribution in [2.45, 2.75) is 32.6 Å². The monoisotopic (exact) mass is 265 g/mol. The first kappa shape index (κ1) is 13.7. The first-order valence-electron chi connectivity index (χ1n) is 6.60. The van der Waals surface area contributed by atoms with Gasteiger partial charge in [-0.3, -0.25) is 0 Å². The molecule has 4 heteroatoms. The van der Waals surface area contributed by atoms with Crippen LogP contribution in [0.2, 0.25) is 0 Å². The van der Waals surface area contributed by atoms with E-state index in [4.69, 9.17) is 4.98 Å². The Labute approximate surface area is 114 Å². The molecule has 1 fully saturated rings. The van der Waals surface area contributed by atoms with E-state index in [-0.39, 0.29) is 0 Å². The fourth-order valence-corrected chi connectivity index (χ4v) is 3.52. The van der Waals surface area contributed by atoms with Crippen LogP contribution in [0.15, 0.2) is 6.07 Å². The highest BCUT2D eigenvalue weighted by molar-refractivity contribution is 8.00. The minimum atomic E-state index is 0.698. The summed E-state index contributed by atoms with van der Waals surface area (Å²) in [6.45, 7) is 9.69. The third-order valence-electron chi connectivity index (χ3n) is 3.35. The van der Waals surface area contributed by atoms with Gasteiger partial charge >= 0.3 is 0 Å². The van der Waals surface area contributed by atoms with Crippen molar-refractivity contribution in [3.05, 3.63) is 22.9 Å². The quantitative estimate of drug-likeness (QED) is 0.908. The molecule has 100 valence electrons. The Bertz CT molecular complexity index is 420. The molecule has 2 rings (SSSR count). The van der Waals surface area contributed by atoms with E-state index in [1.54, 1.807) is 0 Å². The number of aromatic nitrogens is 1. The Hall–Kier alpha value is -0.740. The smallest absolute Gasteiger partial charge is 0.133 e. The van der Waals surface area contributed by atoms with E-state index in [0.29, 0.717) is 5.25 Å². The zero-order valence-corrected chi connectivity index (χ0v) is 12.6. The molecule has 1 N–H and O–H groups in total. The van der Waals surface area contributed by atoms with Gasteiger partial charge in [-0.1, -0.05) is 6.92 Å². The molecule has 0 amide bonds. The summed E-state index contributed by atoms with van der Waals surface area (Å²) in [5.41, 5.74) is 3.81. The molecule has 0 aromatic carbocycles. The fraction of sp³-hybridized carbons (Fsp3) is 0.643. The number of aryl methyl sites for hydroxylation is 2. The van der Waals surface area contributed by atoms with E-state index in [9.17, 15) is 0 Å². The predicted molar refractivity (Wildman–Crippen MR) is 80.6 cm³/mol. The standard InChI is InChI=1S/C14H23N3S/c1-10-7-11(2)16-14(13(10)8-15-4)17-5-6-18-12(3)9-17/h7,12,15H,5-6,8-9H2,1-4H3. The van der Waals surface area contributed by atoms with Gasteiger partial charge in [-0.15, -0.1) is 0 Å². The number of thioether (sulfide) groups is 1. The zero-order valence-electron chi connectivity index (χ0n) is 11.8. The van der Waals surface area contributed by atoms with Crippen molar-refractivity contribution in [2.24, 2.45) is 0 Å². The van der Waals surface area contributed by atoms with Gasteiger partial charge in [-0.2, -0.15) is 11.8 Å². The van der Waals surface area contributed by atoms with Crippen LogP contribution < -0.4 is 10.2 Å². The molecular formula is C14H23N3S. The lowest BCUT2D eigenvalue weighted by molar-refractivity contribution is 0.741. The summed E-state index contributed by atoms with van der Waals surface area (Å²) in [4.78, 5) is 7.24. The number of nitrogens with one attached hydrogen (secondary N) is 1. The summed E-state index contributed by atoms with van der Waals surface area (Å²) >= 11 is 2.06. The molecule has 1 saturated heterocycles. The van der Waals surface area contributed by atoms with Crippen molar-refractivity contribution >= 4 is 17.6 Å². The van der Waals surface area contributed by atoms with Crippen molar-refractivity contribution in [1.29, 1.82) is 0 Å². The average molecular weight is 265 g/mol. The number of hydrogen-bond donors (Lipinski definition) is 1. The van der Waals surface area contributed by atoms with E-state index in [1.165, 1.54) is 22.7 Å². The molecule has 1 aliphatic rings. The topological polar surface area (TPSA) is 28.2 Å². The lowest BCUT2D eigenvalue weighted by Crippen LogP contribution is -2.38. The van der Waals surface area contributed by atoms with Gasteiger partial charge in [-0.25, -0.2) is 4.98 Å². The van der Waals surface area contributed by atoms with E-state index in [2.05, 4.69) is 48.8 Å². The molecule has 1 unspecified atom stereocenters. The molecule has 0 aliphatic carbocycles. The number of hydrogen-bond acceptors (Lipinski definition) is 4. The highest BCUT2D eigenvalue weighted by Gasteiger charge is 2.21. The molecule has 3 nitrogen and oxygen atoms in total. The van der Waals surface area contributed by atoms with Gasteiger partial charge in [0.15, 0.2) is 0 Å². The molecule has 0 radical (unpaired) electrons. The largest absolute Gasteiger partial charge is 0.354 e. The minimum absolute atomic E-state index is 0.698. The molecular weight excluding hydrogens is 242 g/mol. The summed E-state index contributed by atoms with van der Waals surface area (Å²) in [5.74, 6) is 2.39. The maximum absolute atomic E-state index is 4.79. The third kappa shape index (κ3) is 2.98. The van der Waals surface area contributed by atoms with E-state index < -0.39 is 0 Å². The Kier molecular flexibility index (Phi) is 4.51. The number of nitrogens with zero attached hydrogens (tertiary/aromatic N) is 2. The lowest BCUT2D eigenvalue weighted by Gasteiger charge is -2.33. The van der Waals surface area contributed by atoms with Gasteiger partial charge in [0.05, 0.1) is 0 Å². The number of pyridine rings is 1. The zero-order chi connectivity index (χ0) is 13.1. The van der Waals surface area contributed by atoms with Gasteiger partial charge in [0.25, 0.3) is 0 Å². The van der Waals surface area contributed by atoms with Crippen LogP contribution in [0.25, 0.3) is 0 Å². The Morgan fingerprint density at radius 2 is 2.28 bits per heavy atom. The minimum Gasteiger partial charge on any atom is -0.354 e. The Morgan fingerprint density at radius 1 is 1.50 bits per heavy atom. The van der Waals surface area contributed by atoms with Crippen molar-refractivity contribution in [3.63, 3.8) is 0 Å². The molecule has 2 heterocycles. The summed E-state index contributed by atoms with van der Waals surface area (Å²) in [6.07, 6.45) is 0. The van der Waals surface area contributed by atoms with Crippen LogP contribution >= 0.6 is 11.8 Å². The normalized spacial score (nSPS) is 20.2. The maximum atomic E-state index is 4.79. The summed E-state index contributed by atoms with van der Waals surface area (Å²) < 4.78 is 0. The van der Waals surface area contributed by atoms with Crippen LogP contribution in [0.4, 0.5) is 5.82 Å². The van der Waals surface area contributed by atoms with Gasteiger partial charge in [0, 0.05) is 41.9 Å². The SMILES string of the molecule is CNCc1c(C)cc(C)nc1N1CCSC(C)C1. The van der Waals surface area contributed by atoms with E-state index >= 15 is 0 Å². The van der Waals surface area contributed by atoms with Gasteiger partial charge in [-0.05, 0) is 32.5 Å². The van der Waals surface area contributed by atoms with Crippen LogP contribution in [0, 0.1) is 13.8 Å². The van der Waals surface area contributed by atoms with Gasteiger partial charge in [0.1, 0.15) is 5.82 Å². The van der Waals surface area contributed by atoms with Gasteiger partial charge < -0.3 is 10.2 Å². The highest BCUT2D eigenvalue weighted by Crippen LogP contribution is 2.27. The van der Waals surface area contributed by atoms with Gasteiger partial charge in [0.2, 0.25) is 0 Å². The molecule has 0 saturated carbocycles. The molecule has 1 aromatic rings. The average Bonchev–Trinajstić information content (AvgIpc) is 2.32. The lowest BCUT2D eigenvalue weighted by atomic mass is 10.1. The first-order chi connectivity index (χ1) is 8.61. The molecule has 1 aliphatic heterocycles. The Morgan fingerprint density at radius 3 is 2.94 bits per heavy atom. The summed E-state index contributed by atoms with van der Waals surface area (Å²) in [5, 5.41) is 3.96. The second kappa shape index (κ2) is 5.93. The third-order valence-corrected chi connectivity index (χ3v) is 4.48. The Balaban J connectivity index is 2.34. The van der Waals surface area contributed by atoms with Crippen LogP contribution in [-0.4, -0.2) is 36.1 Å². The summed E-state index contributed by atoms with van der Waals surface area (Å²) in [6, 6.07) is 2.18. The number of rotatable bonds is 3. The van der Waals surface area contributed by atoms with E-state index in [0.717, 1.165) is 25.3 Å². The first-order valence-corrected chi connectivity index (χ1v) is 7.65. The number of anilines is 1. The molecule has 18 heavy (non-hydrogen) atoms. The second-order valence-electron chi connectivity index (χ2n) is 5.04. The van der Waals surface area contributed by atoms with Crippen molar-refractivity contribution in [2.75, 3.05) is 30.8 Å². The van der Waals surface area contributed by atoms with Crippen LogP contribution in [0.3, 0.4) is 0 Å². The molecule has 0 spiro atoms. The van der Waals surface area contributed by atoms with Crippen molar-refractivity contribution in [3.8, 4) is 0 Å². The van der Waals surface area contributed by atoms with E-state index in [1.807, 2.05) is 7.05 Å². The molecule has 0 bridgehead atoms. The molecule has 1 atom stereocenters. The fourth-order valence-electron chi connectivity index (χ4n) is 2.51. The molecule has 1 aromatic heterocycles. The van der Waals surface area contributed by atoms with Crippen molar-refractivity contribution in [1.82, 2.24) is 10.3 Å². The predicted octanol–water partition coefficient (Wildman–Crippen LogP) is 2.36.